The number of carbonyl (C=O) groups is 3. The molecule has 8 heteroatoms. The highest BCUT2D eigenvalue weighted by Crippen LogP contribution is 2.15. The molecule has 364 valence electrons. The molecule has 2 unspecified atom stereocenters. The fraction of sp³-hybridized carbons (Fsp3) is 0.764. The van der Waals surface area contributed by atoms with E-state index in [0.717, 1.165) is 44.9 Å². The van der Waals surface area contributed by atoms with Crippen molar-refractivity contribution < 1.29 is 38.2 Å². The summed E-state index contributed by atoms with van der Waals surface area (Å²) in [4.78, 5) is 37.1. The number of nitrogens with zero attached hydrogens (tertiary/aromatic N) is 1. The fourth-order valence-electron chi connectivity index (χ4n) is 7.37. The maximum atomic E-state index is 12.8. The van der Waals surface area contributed by atoms with Crippen LogP contribution in [0.25, 0.3) is 0 Å². The number of hydrogen-bond acceptors (Lipinski definition) is 6. The Morgan fingerprint density at radius 2 is 0.857 bits per heavy atom. The molecule has 8 nitrogen and oxygen atoms in total. The Bertz CT molecular complexity index is 1210. The second kappa shape index (κ2) is 45.6. The van der Waals surface area contributed by atoms with Crippen LogP contribution in [0.3, 0.4) is 0 Å². The number of esters is 2. The average molecular weight is 885 g/mol. The van der Waals surface area contributed by atoms with Gasteiger partial charge in [-0.2, -0.15) is 0 Å². The number of carboxylic acids is 1. The van der Waals surface area contributed by atoms with Crippen LogP contribution in [0.4, 0.5) is 0 Å². The molecular formula is C55H98NO7+. The molecule has 0 aliphatic carbocycles. The van der Waals surface area contributed by atoms with Gasteiger partial charge in [0, 0.05) is 19.3 Å². The Labute approximate surface area is 388 Å². The van der Waals surface area contributed by atoms with Crippen LogP contribution in [-0.2, 0) is 28.6 Å². The van der Waals surface area contributed by atoms with Crippen LogP contribution in [0.2, 0.25) is 0 Å². The molecule has 0 aromatic heterocycles. The number of carboxylic acid groups (broad SMARTS) is 1. The number of aliphatic carboxylic acids is 1. The van der Waals surface area contributed by atoms with Crippen LogP contribution >= 0.6 is 0 Å². The molecule has 0 amide bonds. The first-order chi connectivity index (χ1) is 30.6. The summed E-state index contributed by atoms with van der Waals surface area (Å²) in [6.45, 7) is 4.66. The summed E-state index contributed by atoms with van der Waals surface area (Å²) in [5.74, 6) is -1.54. The summed E-state index contributed by atoms with van der Waals surface area (Å²) >= 11 is 0. The number of quaternary nitrogens is 1. The van der Waals surface area contributed by atoms with E-state index in [-0.39, 0.29) is 42.7 Å². The molecule has 0 bridgehead atoms. The Balaban J connectivity index is 4.32. The lowest BCUT2D eigenvalue weighted by molar-refractivity contribution is -0.887. The summed E-state index contributed by atoms with van der Waals surface area (Å²) in [5.41, 5.74) is 0. The van der Waals surface area contributed by atoms with Gasteiger partial charge in [0.25, 0.3) is 0 Å². The van der Waals surface area contributed by atoms with Gasteiger partial charge in [-0.1, -0.05) is 184 Å². The van der Waals surface area contributed by atoms with Crippen LogP contribution in [0.1, 0.15) is 219 Å². The summed E-state index contributed by atoms with van der Waals surface area (Å²) in [6.07, 6.45) is 57.1. The first-order valence-electron chi connectivity index (χ1n) is 25.8. The van der Waals surface area contributed by atoms with E-state index >= 15 is 0 Å². The number of rotatable bonds is 46. The molecule has 0 radical (unpaired) electrons. The van der Waals surface area contributed by atoms with Gasteiger partial charge in [-0.15, -0.1) is 0 Å². The molecule has 0 spiro atoms. The topological polar surface area (TPSA) is 99.1 Å². The maximum Gasteiger partial charge on any atom is 0.362 e. The van der Waals surface area contributed by atoms with E-state index in [2.05, 4.69) is 74.6 Å². The van der Waals surface area contributed by atoms with Crippen molar-refractivity contribution in [1.29, 1.82) is 0 Å². The van der Waals surface area contributed by atoms with E-state index in [1.807, 2.05) is 21.1 Å². The van der Waals surface area contributed by atoms with Crippen molar-refractivity contribution in [3.63, 3.8) is 0 Å². The standard InChI is InChI=1S/C55H97NO7/c1-6-8-10-12-14-16-18-20-22-24-25-26-27-28-30-32-34-36-38-40-42-44-46-54(58)63-51(49-61-48-47-52(55(59)60)56(3,4)5)50-62-53(57)45-43-41-39-37-35-33-31-29-23-21-19-17-15-13-11-9-7-2/h15,17,21,23,27-28,31,33,37,39,51-52H,6-14,16,18-20,22,24-26,29-30,32,34-36,38,40-50H2,1-5H3/p+1/b17-15+,23-21+,28-27+,33-31+,39-37+. The van der Waals surface area contributed by atoms with E-state index in [1.165, 1.54) is 135 Å². The molecule has 0 fully saturated rings. The molecule has 2 atom stereocenters. The van der Waals surface area contributed by atoms with E-state index in [4.69, 9.17) is 14.2 Å². The van der Waals surface area contributed by atoms with Gasteiger partial charge in [0.15, 0.2) is 12.1 Å². The summed E-state index contributed by atoms with van der Waals surface area (Å²) < 4.78 is 17.3. The first-order valence-corrected chi connectivity index (χ1v) is 25.8. The third-order valence-electron chi connectivity index (χ3n) is 11.4. The van der Waals surface area contributed by atoms with Gasteiger partial charge in [-0.05, 0) is 77.0 Å². The van der Waals surface area contributed by atoms with Crippen LogP contribution in [0, 0.1) is 0 Å². The number of allylic oxidation sites excluding steroid dienone is 10. The second-order valence-corrected chi connectivity index (χ2v) is 18.4. The normalized spacial score (nSPS) is 13.3. The van der Waals surface area contributed by atoms with Gasteiger partial charge in [0.2, 0.25) is 0 Å². The van der Waals surface area contributed by atoms with Crippen molar-refractivity contribution in [2.45, 2.75) is 231 Å². The zero-order valence-electron chi connectivity index (χ0n) is 41.5. The minimum absolute atomic E-state index is 0.0409. The van der Waals surface area contributed by atoms with Gasteiger partial charge in [0.05, 0.1) is 34.4 Å². The Morgan fingerprint density at radius 1 is 0.476 bits per heavy atom. The van der Waals surface area contributed by atoms with E-state index < -0.39 is 18.1 Å². The lowest BCUT2D eigenvalue weighted by atomic mass is 10.0. The van der Waals surface area contributed by atoms with Crippen molar-refractivity contribution in [2.75, 3.05) is 41.0 Å². The maximum absolute atomic E-state index is 12.8. The molecule has 0 aromatic rings. The van der Waals surface area contributed by atoms with Gasteiger partial charge in [-0.3, -0.25) is 9.59 Å². The molecule has 0 rings (SSSR count). The highest BCUT2D eigenvalue weighted by atomic mass is 16.6. The predicted octanol–water partition coefficient (Wildman–Crippen LogP) is 14.9. The van der Waals surface area contributed by atoms with Crippen LogP contribution in [-0.4, -0.2) is 80.6 Å². The van der Waals surface area contributed by atoms with Crippen LogP contribution in [0.5, 0.6) is 0 Å². The van der Waals surface area contributed by atoms with Crippen molar-refractivity contribution >= 4 is 17.9 Å². The smallest absolute Gasteiger partial charge is 0.362 e. The molecule has 0 aromatic carbocycles. The van der Waals surface area contributed by atoms with Crippen molar-refractivity contribution in [1.82, 2.24) is 0 Å². The summed E-state index contributed by atoms with van der Waals surface area (Å²) in [7, 11) is 5.52. The number of carbonyl (C=O) groups excluding carboxylic acids is 2. The fourth-order valence-corrected chi connectivity index (χ4v) is 7.37. The molecular weight excluding hydrogens is 787 g/mol. The number of ether oxygens (including phenoxy) is 3. The zero-order valence-corrected chi connectivity index (χ0v) is 41.5. The molecule has 0 aliphatic rings. The molecule has 1 N–H and O–H groups in total. The molecule has 0 saturated heterocycles. The van der Waals surface area contributed by atoms with Crippen molar-refractivity contribution in [3.8, 4) is 0 Å². The highest BCUT2D eigenvalue weighted by molar-refractivity contribution is 5.72. The first kappa shape index (κ1) is 60.0. The van der Waals surface area contributed by atoms with Gasteiger partial charge < -0.3 is 23.8 Å². The molecule has 0 saturated carbocycles. The lowest BCUT2D eigenvalue weighted by Gasteiger charge is -2.31. The van der Waals surface area contributed by atoms with Crippen LogP contribution in [0.15, 0.2) is 60.8 Å². The third kappa shape index (κ3) is 44.0. The summed E-state index contributed by atoms with van der Waals surface area (Å²) in [5, 5.41) is 9.65. The van der Waals surface area contributed by atoms with Gasteiger partial charge >= 0.3 is 17.9 Å². The quantitative estimate of drug-likeness (QED) is 0.0281. The Morgan fingerprint density at radius 3 is 1.33 bits per heavy atom. The number of likely N-dealkylation sites (N-methyl/N-ethyl adjacent to an activating group) is 1. The van der Waals surface area contributed by atoms with E-state index in [1.54, 1.807) is 0 Å². The highest BCUT2D eigenvalue weighted by Gasteiger charge is 2.31. The number of unbranched alkanes of at least 4 members (excludes halogenated alkanes) is 22. The largest absolute Gasteiger partial charge is 0.477 e. The summed E-state index contributed by atoms with van der Waals surface area (Å²) in [6, 6.07) is -0.626. The van der Waals surface area contributed by atoms with Crippen LogP contribution < -0.4 is 0 Å². The Kier molecular flexibility index (Phi) is 43.4. The molecule has 0 aliphatic heterocycles. The molecule has 0 heterocycles. The van der Waals surface area contributed by atoms with Crippen molar-refractivity contribution in [2.24, 2.45) is 0 Å². The minimum atomic E-state index is -0.883. The lowest BCUT2D eigenvalue weighted by Crippen LogP contribution is -2.50. The number of hydrogen-bond donors (Lipinski definition) is 1. The zero-order chi connectivity index (χ0) is 46.3. The van der Waals surface area contributed by atoms with E-state index in [9.17, 15) is 19.5 Å². The van der Waals surface area contributed by atoms with Gasteiger partial charge in [0.1, 0.15) is 6.61 Å². The monoisotopic (exact) mass is 885 g/mol. The van der Waals surface area contributed by atoms with Crippen molar-refractivity contribution in [3.05, 3.63) is 60.8 Å². The SMILES string of the molecule is CCCCC/C=C/C/C=C/C/C=C/C/C=C/CCCC(=O)OCC(COCCC(C(=O)O)[N+](C)(C)C)OC(=O)CCCCCCCCC/C=C/CCCCCCCCCCCCC. The minimum Gasteiger partial charge on any atom is -0.477 e. The second-order valence-electron chi connectivity index (χ2n) is 18.4. The third-order valence-corrected chi connectivity index (χ3v) is 11.4. The Hall–Kier alpha value is -2.97. The van der Waals surface area contributed by atoms with Gasteiger partial charge in [-0.25, -0.2) is 4.79 Å². The molecule has 63 heavy (non-hydrogen) atoms. The van der Waals surface area contributed by atoms with E-state index in [0.29, 0.717) is 19.3 Å². The average Bonchev–Trinajstić information content (AvgIpc) is 3.24. The predicted molar refractivity (Wildman–Crippen MR) is 266 cm³/mol.